The number of rotatable bonds is 2. The van der Waals surface area contributed by atoms with Gasteiger partial charge in [-0.15, -0.1) is 5.10 Å². The Hall–Kier alpha value is -1.23. The number of nitrogens with zero attached hydrogens (tertiary/aromatic N) is 4. The van der Waals surface area contributed by atoms with Crippen LogP contribution in [0.2, 0.25) is 0 Å². The summed E-state index contributed by atoms with van der Waals surface area (Å²) in [7, 11) is 0. The van der Waals surface area contributed by atoms with Crippen LogP contribution in [0.3, 0.4) is 0 Å². The average molecular weight is 235 g/mol. The summed E-state index contributed by atoms with van der Waals surface area (Å²) in [6.07, 6.45) is 3.54. The molecule has 0 saturated carbocycles. The van der Waals surface area contributed by atoms with Crippen LogP contribution in [0.4, 0.5) is 5.95 Å². The molecule has 2 atom stereocenters. The van der Waals surface area contributed by atoms with Gasteiger partial charge in [0.05, 0.1) is 11.4 Å². The smallest absolute Gasteiger partial charge is 0.245 e. The summed E-state index contributed by atoms with van der Waals surface area (Å²) >= 11 is 0. The third kappa shape index (κ3) is 2.54. The van der Waals surface area contributed by atoms with Gasteiger partial charge in [-0.25, -0.2) is 4.98 Å². The molecule has 17 heavy (non-hydrogen) atoms. The molecule has 1 fully saturated rings. The van der Waals surface area contributed by atoms with Crippen LogP contribution in [0.1, 0.15) is 37.6 Å². The van der Waals surface area contributed by atoms with Crippen molar-refractivity contribution in [2.75, 3.05) is 11.4 Å². The van der Waals surface area contributed by atoms with E-state index in [9.17, 15) is 0 Å². The molecule has 0 bridgehead atoms. The van der Waals surface area contributed by atoms with Crippen LogP contribution >= 0.6 is 0 Å². The lowest BCUT2D eigenvalue weighted by Crippen LogP contribution is -2.50. The Morgan fingerprint density at radius 3 is 2.65 bits per heavy atom. The Bertz CT molecular complexity index is 390. The number of anilines is 1. The molecule has 0 aliphatic carbocycles. The molecule has 0 spiro atoms. The van der Waals surface area contributed by atoms with Gasteiger partial charge in [0.15, 0.2) is 0 Å². The van der Waals surface area contributed by atoms with E-state index in [-0.39, 0.29) is 6.04 Å². The molecule has 94 valence electrons. The van der Waals surface area contributed by atoms with Gasteiger partial charge >= 0.3 is 0 Å². The second-order valence-electron chi connectivity index (χ2n) is 4.90. The second-order valence-corrected chi connectivity index (χ2v) is 4.90. The van der Waals surface area contributed by atoms with Crippen molar-refractivity contribution in [3.63, 3.8) is 0 Å². The first-order valence-electron chi connectivity index (χ1n) is 6.29. The van der Waals surface area contributed by atoms with Crippen molar-refractivity contribution >= 4 is 5.95 Å². The van der Waals surface area contributed by atoms with Gasteiger partial charge in [-0.1, -0.05) is 0 Å². The maximum Gasteiger partial charge on any atom is 0.245 e. The van der Waals surface area contributed by atoms with Gasteiger partial charge in [0.1, 0.15) is 0 Å². The number of piperidine rings is 1. The molecule has 1 aromatic heterocycles. The molecule has 5 nitrogen and oxygen atoms in total. The van der Waals surface area contributed by atoms with E-state index in [1.165, 1.54) is 12.8 Å². The summed E-state index contributed by atoms with van der Waals surface area (Å²) in [4.78, 5) is 6.74. The third-order valence-electron chi connectivity index (χ3n) is 3.49. The minimum absolute atomic E-state index is 0.139. The number of hydrogen-bond acceptors (Lipinski definition) is 5. The minimum Gasteiger partial charge on any atom is -0.335 e. The molecule has 0 radical (unpaired) electrons. The summed E-state index contributed by atoms with van der Waals surface area (Å²) in [5.74, 6) is 0.732. The predicted octanol–water partition coefficient (Wildman–Crippen LogP) is 1.19. The zero-order valence-electron chi connectivity index (χ0n) is 10.8. The molecule has 2 rings (SSSR count). The fourth-order valence-electron chi connectivity index (χ4n) is 2.32. The van der Waals surface area contributed by atoms with Crippen molar-refractivity contribution < 1.29 is 0 Å². The van der Waals surface area contributed by atoms with Crippen molar-refractivity contribution in [3.05, 3.63) is 11.4 Å². The first kappa shape index (κ1) is 12.2. The van der Waals surface area contributed by atoms with E-state index in [0.717, 1.165) is 30.3 Å². The first-order chi connectivity index (χ1) is 8.09. The zero-order chi connectivity index (χ0) is 12.4. The number of aryl methyl sites for hydroxylation is 2. The lowest BCUT2D eigenvalue weighted by atomic mass is 9.97. The number of nitrogens with two attached hydrogens (primary N) is 1. The largest absolute Gasteiger partial charge is 0.335 e. The molecule has 1 aliphatic heterocycles. The SMILES string of the molecule is Cc1nnc(N2CCCCC2C(C)N)nc1C. The Balaban J connectivity index is 2.26. The van der Waals surface area contributed by atoms with Crippen LogP contribution in [0.15, 0.2) is 0 Å². The Morgan fingerprint density at radius 2 is 2.00 bits per heavy atom. The average Bonchev–Trinajstić information content (AvgIpc) is 2.32. The van der Waals surface area contributed by atoms with Gasteiger partial charge in [-0.2, -0.15) is 5.10 Å². The van der Waals surface area contributed by atoms with Gasteiger partial charge in [-0.05, 0) is 40.0 Å². The van der Waals surface area contributed by atoms with Crippen LogP contribution in [-0.4, -0.2) is 33.8 Å². The van der Waals surface area contributed by atoms with Crippen molar-refractivity contribution in [3.8, 4) is 0 Å². The van der Waals surface area contributed by atoms with Crippen LogP contribution in [-0.2, 0) is 0 Å². The van der Waals surface area contributed by atoms with Crippen molar-refractivity contribution in [2.45, 2.75) is 52.1 Å². The second kappa shape index (κ2) is 4.96. The molecule has 1 saturated heterocycles. The van der Waals surface area contributed by atoms with E-state index in [1.807, 2.05) is 13.8 Å². The summed E-state index contributed by atoms with van der Waals surface area (Å²) in [6, 6.07) is 0.480. The third-order valence-corrected chi connectivity index (χ3v) is 3.49. The highest BCUT2D eigenvalue weighted by Gasteiger charge is 2.27. The van der Waals surface area contributed by atoms with E-state index < -0.39 is 0 Å². The molecule has 0 aromatic carbocycles. The van der Waals surface area contributed by atoms with Gasteiger partial charge < -0.3 is 10.6 Å². The quantitative estimate of drug-likeness (QED) is 0.834. The molecule has 2 N–H and O–H groups in total. The maximum absolute atomic E-state index is 6.05. The lowest BCUT2D eigenvalue weighted by Gasteiger charge is -2.37. The molecule has 1 aliphatic rings. The lowest BCUT2D eigenvalue weighted by molar-refractivity contribution is 0.406. The molecule has 2 unspecified atom stereocenters. The fourth-order valence-corrected chi connectivity index (χ4v) is 2.32. The normalized spacial score (nSPS) is 22.6. The molecular weight excluding hydrogens is 214 g/mol. The Morgan fingerprint density at radius 1 is 1.24 bits per heavy atom. The standard InChI is InChI=1S/C12H21N5/c1-8(13)11-6-4-5-7-17(11)12-14-9(2)10(3)15-16-12/h8,11H,4-7,13H2,1-3H3. The van der Waals surface area contributed by atoms with E-state index in [4.69, 9.17) is 5.73 Å². The Labute approximate surface area is 102 Å². The number of aromatic nitrogens is 3. The number of hydrogen-bond donors (Lipinski definition) is 1. The summed E-state index contributed by atoms with van der Waals surface area (Å²) in [5.41, 5.74) is 7.89. The van der Waals surface area contributed by atoms with Gasteiger partial charge in [0.25, 0.3) is 0 Å². The predicted molar refractivity (Wildman–Crippen MR) is 67.9 cm³/mol. The van der Waals surface area contributed by atoms with E-state index in [1.54, 1.807) is 0 Å². The van der Waals surface area contributed by atoms with Crippen molar-refractivity contribution in [1.29, 1.82) is 0 Å². The van der Waals surface area contributed by atoms with E-state index in [2.05, 4.69) is 27.0 Å². The Kier molecular flexibility index (Phi) is 3.57. The topological polar surface area (TPSA) is 67.9 Å². The molecule has 1 aromatic rings. The van der Waals surface area contributed by atoms with Crippen molar-refractivity contribution in [1.82, 2.24) is 15.2 Å². The van der Waals surface area contributed by atoms with Crippen LogP contribution in [0, 0.1) is 13.8 Å². The molecule has 0 amide bonds. The molecule has 2 heterocycles. The first-order valence-corrected chi connectivity index (χ1v) is 6.29. The highest BCUT2D eigenvalue weighted by Crippen LogP contribution is 2.23. The summed E-state index contributed by atoms with van der Waals surface area (Å²) < 4.78 is 0. The van der Waals surface area contributed by atoms with Gasteiger partial charge in [-0.3, -0.25) is 0 Å². The highest BCUT2D eigenvalue weighted by atomic mass is 15.3. The van der Waals surface area contributed by atoms with Crippen LogP contribution in [0.25, 0.3) is 0 Å². The van der Waals surface area contributed by atoms with Gasteiger partial charge in [0, 0.05) is 18.6 Å². The van der Waals surface area contributed by atoms with Crippen LogP contribution < -0.4 is 10.6 Å². The van der Waals surface area contributed by atoms with E-state index >= 15 is 0 Å². The summed E-state index contributed by atoms with van der Waals surface area (Å²) in [6.45, 7) is 6.94. The minimum atomic E-state index is 0.139. The van der Waals surface area contributed by atoms with Gasteiger partial charge in [0.2, 0.25) is 5.95 Å². The molecule has 5 heteroatoms. The van der Waals surface area contributed by atoms with E-state index in [0.29, 0.717) is 6.04 Å². The maximum atomic E-state index is 6.05. The fraction of sp³-hybridized carbons (Fsp3) is 0.750. The van der Waals surface area contributed by atoms with Crippen LogP contribution in [0.5, 0.6) is 0 Å². The summed E-state index contributed by atoms with van der Waals surface area (Å²) in [5, 5.41) is 8.36. The zero-order valence-corrected chi connectivity index (χ0v) is 10.8. The van der Waals surface area contributed by atoms with Crippen molar-refractivity contribution in [2.24, 2.45) is 5.73 Å². The monoisotopic (exact) mass is 235 g/mol. The highest BCUT2D eigenvalue weighted by molar-refractivity contribution is 5.33. The molecular formula is C12H21N5.